The van der Waals surface area contributed by atoms with Crippen LogP contribution in [0.3, 0.4) is 0 Å². The fraction of sp³-hybridized carbons (Fsp3) is 0.417. The van der Waals surface area contributed by atoms with Crippen LogP contribution < -0.4 is 19.5 Å². The number of hydrogen-bond acceptors (Lipinski definition) is 6. The SMILES string of the molecule is COc1ccc(CN2CCN(C(=O)CCNC(=O)c3ccccc3)CC2)c(OC)c1OC. The van der Waals surface area contributed by atoms with Crippen LogP contribution in [0.4, 0.5) is 0 Å². The smallest absolute Gasteiger partial charge is 0.251 e. The minimum atomic E-state index is -0.160. The Hall–Kier alpha value is -3.26. The van der Waals surface area contributed by atoms with E-state index in [2.05, 4.69) is 10.2 Å². The molecule has 1 aliphatic heterocycles. The van der Waals surface area contributed by atoms with Crippen molar-refractivity contribution in [2.45, 2.75) is 13.0 Å². The predicted octanol–water partition coefficient (Wildman–Crippen LogP) is 2.18. The van der Waals surface area contributed by atoms with E-state index in [4.69, 9.17) is 14.2 Å². The molecular formula is C24H31N3O5. The van der Waals surface area contributed by atoms with Crippen LogP contribution in [0.1, 0.15) is 22.3 Å². The number of benzene rings is 2. The molecule has 0 aromatic heterocycles. The summed E-state index contributed by atoms with van der Waals surface area (Å²) in [7, 11) is 4.81. The largest absolute Gasteiger partial charge is 0.493 e. The summed E-state index contributed by atoms with van der Waals surface area (Å²) in [5, 5.41) is 2.81. The molecule has 0 spiro atoms. The average molecular weight is 442 g/mol. The summed E-state index contributed by atoms with van der Waals surface area (Å²) < 4.78 is 16.4. The van der Waals surface area contributed by atoms with Gasteiger partial charge in [0.2, 0.25) is 11.7 Å². The first-order chi connectivity index (χ1) is 15.6. The van der Waals surface area contributed by atoms with Gasteiger partial charge in [0.1, 0.15) is 0 Å². The summed E-state index contributed by atoms with van der Waals surface area (Å²) in [6, 6.07) is 12.9. The van der Waals surface area contributed by atoms with E-state index >= 15 is 0 Å². The van der Waals surface area contributed by atoms with Crippen LogP contribution in [0.2, 0.25) is 0 Å². The van der Waals surface area contributed by atoms with Gasteiger partial charge in [-0.15, -0.1) is 0 Å². The lowest BCUT2D eigenvalue weighted by Gasteiger charge is -2.35. The van der Waals surface area contributed by atoms with Gasteiger partial charge < -0.3 is 24.4 Å². The molecule has 0 aliphatic carbocycles. The van der Waals surface area contributed by atoms with Gasteiger partial charge in [0.25, 0.3) is 5.91 Å². The summed E-state index contributed by atoms with van der Waals surface area (Å²) >= 11 is 0. The standard InChI is InChI=1S/C24H31N3O5/c1-30-20-10-9-19(22(31-2)23(20)32-3)17-26-13-15-27(16-14-26)21(28)11-12-25-24(29)18-7-5-4-6-8-18/h4-10H,11-17H2,1-3H3,(H,25,29). The van der Waals surface area contributed by atoms with E-state index in [0.29, 0.717) is 55.4 Å². The molecule has 2 amide bonds. The molecule has 3 rings (SSSR count). The molecule has 0 saturated carbocycles. The third-order valence-electron chi connectivity index (χ3n) is 5.57. The van der Waals surface area contributed by atoms with Crippen LogP contribution in [-0.2, 0) is 11.3 Å². The Kier molecular flexibility index (Phi) is 8.33. The highest BCUT2D eigenvalue weighted by Crippen LogP contribution is 2.40. The first kappa shape index (κ1) is 23.4. The molecule has 2 aromatic rings. The lowest BCUT2D eigenvalue weighted by Crippen LogP contribution is -2.48. The number of methoxy groups -OCH3 is 3. The van der Waals surface area contributed by atoms with Crippen LogP contribution in [0, 0.1) is 0 Å². The van der Waals surface area contributed by atoms with Crippen LogP contribution in [-0.4, -0.2) is 75.7 Å². The van der Waals surface area contributed by atoms with Gasteiger partial charge in [0.15, 0.2) is 11.5 Å². The topological polar surface area (TPSA) is 80.3 Å². The molecule has 0 radical (unpaired) electrons. The molecule has 8 nitrogen and oxygen atoms in total. The van der Waals surface area contributed by atoms with Gasteiger partial charge in [-0.1, -0.05) is 24.3 Å². The summed E-state index contributed by atoms with van der Waals surface area (Å²) in [5.41, 5.74) is 1.60. The number of rotatable bonds is 9. The number of piperazine rings is 1. The molecule has 1 heterocycles. The highest BCUT2D eigenvalue weighted by Gasteiger charge is 2.23. The maximum atomic E-state index is 12.5. The Bertz CT molecular complexity index is 911. The second kappa shape index (κ2) is 11.4. The molecule has 172 valence electrons. The zero-order chi connectivity index (χ0) is 22.9. The van der Waals surface area contributed by atoms with Crippen molar-refractivity contribution < 1.29 is 23.8 Å². The Morgan fingerprint density at radius 2 is 1.56 bits per heavy atom. The fourth-order valence-electron chi connectivity index (χ4n) is 3.82. The lowest BCUT2D eigenvalue weighted by atomic mass is 10.1. The number of nitrogens with one attached hydrogen (secondary N) is 1. The van der Waals surface area contributed by atoms with E-state index in [0.717, 1.165) is 18.7 Å². The zero-order valence-electron chi connectivity index (χ0n) is 18.9. The van der Waals surface area contributed by atoms with Gasteiger partial charge in [-0.05, 0) is 18.2 Å². The van der Waals surface area contributed by atoms with Gasteiger partial charge >= 0.3 is 0 Å². The van der Waals surface area contributed by atoms with E-state index in [1.165, 1.54) is 0 Å². The highest BCUT2D eigenvalue weighted by molar-refractivity contribution is 5.94. The third kappa shape index (κ3) is 5.70. The lowest BCUT2D eigenvalue weighted by molar-refractivity contribution is -0.132. The Morgan fingerprint density at radius 1 is 0.875 bits per heavy atom. The molecule has 8 heteroatoms. The summed E-state index contributed by atoms with van der Waals surface area (Å²) in [4.78, 5) is 28.8. The normalized spacial score (nSPS) is 14.0. The zero-order valence-corrected chi connectivity index (χ0v) is 18.9. The number of hydrogen-bond donors (Lipinski definition) is 1. The first-order valence-corrected chi connectivity index (χ1v) is 10.7. The fourth-order valence-corrected chi connectivity index (χ4v) is 3.82. The van der Waals surface area contributed by atoms with Gasteiger partial charge in [0.05, 0.1) is 21.3 Å². The summed E-state index contributed by atoms with van der Waals surface area (Å²) in [6.07, 6.45) is 0.294. The molecule has 0 bridgehead atoms. The first-order valence-electron chi connectivity index (χ1n) is 10.7. The van der Waals surface area contributed by atoms with Crippen molar-refractivity contribution in [3.05, 3.63) is 53.6 Å². The number of carbonyl (C=O) groups is 2. The van der Waals surface area contributed by atoms with E-state index in [9.17, 15) is 9.59 Å². The Labute approximate surface area is 189 Å². The molecule has 32 heavy (non-hydrogen) atoms. The molecule has 1 saturated heterocycles. The number of ether oxygens (including phenoxy) is 3. The van der Waals surface area contributed by atoms with E-state index in [1.54, 1.807) is 33.5 Å². The number of nitrogens with zero attached hydrogens (tertiary/aromatic N) is 2. The third-order valence-corrected chi connectivity index (χ3v) is 5.57. The minimum Gasteiger partial charge on any atom is -0.493 e. The van der Waals surface area contributed by atoms with Crippen molar-refractivity contribution in [3.8, 4) is 17.2 Å². The molecule has 2 aromatic carbocycles. The highest BCUT2D eigenvalue weighted by atomic mass is 16.5. The molecule has 0 atom stereocenters. The molecule has 0 unspecified atom stereocenters. The van der Waals surface area contributed by atoms with Crippen LogP contribution >= 0.6 is 0 Å². The number of amides is 2. The van der Waals surface area contributed by atoms with E-state index < -0.39 is 0 Å². The van der Waals surface area contributed by atoms with Gasteiger partial charge in [-0.25, -0.2) is 0 Å². The van der Waals surface area contributed by atoms with E-state index in [-0.39, 0.29) is 11.8 Å². The molecule has 1 N–H and O–H groups in total. The minimum absolute atomic E-state index is 0.0571. The van der Waals surface area contributed by atoms with Crippen molar-refractivity contribution in [1.29, 1.82) is 0 Å². The predicted molar refractivity (Wildman–Crippen MR) is 121 cm³/mol. The van der Waals surface area contributed by atoms with Crippen LogP contribution in [0.5, 0.6) is 17.2 Å². The van der Waals surface area contributed by atoms with Gasteiger partial charge in [0, 0.05) is 56.8 Å². The van der Waals surface area contributed by atoms with Gasteiger partial charge in [-0.2, -0.15) is 0 Å². The maximum Gasteiger partial charge on any atom is 0.251 e. The second-order valence-electron chi connectivity index (χ2n) is 7.52. The maximum absolute atomic E-state index is 12.5. The summed E-state index contributed by atoms with van der Waals surface area (Å²) in [5.74, 6) is 1.77. The Balaban J connectivity index is 1.47. The van der Waals surface area contributed by atoms with Crippen molar-refractivity contribution in [2.75, 3.05) is 54.1 Å². The average Bonchev–Trinajstić information content (AvgIpc) is 2.84. The second-order valence-corrected chi connectivity index (χ2v) is 7.52. The Morgan fingerprint density at radius 3 is 2.19 bits per heavy atom. The van der Waals surface area contributed by atoms with Gasteiger partial charge in [-0.3, -0.25) is 14.5 Å². The van der Waals surface area contributed by atoms with Crippen molar-refractivity contribution >= 4 is 11.8 Å². The molecule has 1 fully saturated rings. The molecular weight excluding hydrogens is 410 g/mol. The van der Waals surface area contributed by atoms with Crippen molar-refractivity contribution in [1.82, 2.24) is 15.1 Å². The quantitative estimate of drug-likeness (QED) is 0.643. The number of carbonyl (C=O) groups excluding carboxylic acids is 2. The monoisotopic (exact) mass is 441 g/mol. The summed E-state index contributed by atoms with van der Waals surface area (Å²) in [6.45, 7) is 3.86. The molecule has 1 aliphatic rings. The van der Waals surface area contributed by atoms with Crippen molar-refractivity contribution in [2.24, 2.45) is 0 Å². The van der Waals surface area contributed by atoms with Crippen LogP contribution in [0.15, 0.2) is 42.5 Å². The van der Waals surface area contributed by atoms with Crippen LogP contribution in [0.25, 0.3) is 0 Å². The van der Waals surface area contributed by atoms with Crippen molar-refractivity contribution in [3.63, 3.8) is 0 Å². The van der Waals surface area contributed by atoms with E-state index in [1.807, 2.05) is 35.2 Å².